The number of nitrogens with one attached hydrogen (secondary N) is 1. The molecule has 0 saturated carbocycles. The second-order valence-corrected chi connectivity index (χ2v) is 6.77. The number of hydrogen-bond donors (Lipinski definition) is 2. The van der Waals surface area contributed by atoms with Gasteiger partial charge < -0.3 is 20.1 Å². The van der Waals surface area contributed by atoms with Crippen molar-refractivity contribution in [2.75, 3.05) is 26.2 Å². The Labute approximate surface area is 132 Å². The second-order valence-electron chi connectivity index (χ2n) is 6.77. The molecule has 2 N–H and O–H groups in total. The molecule has 0 aromatic carbocycles. The topological polar surface area (TPSA) is 78.9 Å². The smallest absolute Gasteiger partial charge is 0.317 e. The van der Waals surface area contributed by atoms with E-state index in [-0.39, 0.29) is 18.1 Å². The highest BCUT2D eigenvalue weighted by molar-refractivity contribution is 5.75. The Morgan fingerprint density at radius 2 is 1.95 bits per heavy atom. The van der Waals surface area contributed by atoms with Crippen molar-refractivity contribution in [3.05, 3.63) is 0 Å². The third-order valence-electron chi connectivity index (χ3n) is 4.80. The number of carbonyl (C=O) groups excluding carboxylic acids is 1. The molecular formula is C16H28N2O4. The normalized spacial score (nSPS) is 27.0. The zero-order valence-corrected chi connectivity index (χ0v) is 13.6. The summed E-state index contributed by atoms with van der Waals surface area (Å²) in [5.74, 6) is -0.233. The van der Waals surface area contributed by atoms with Crippen LogP contribution >= 0.6 is 0 Å². The number of ether oxygens (including phenoxy) is 1. The number of likely N-dealkylation sites (tertiary alicyclic amines) is 1. The van der Waals surface area contributed by atoms with Crippen LogP contribution in [0.25, 0.3) is 0 Å². The maximum absolute atomic E-state index is 12.2. The molecule has 6 nitrogen and oxygen atoms in total. The van der Waals surface area contributed by atoms with Crippen LogP contribution in [-0.2, 0) is 9.53 Å². The molecule has 2 aliphatic heterocycles. The van der Waals surface area contributed by atoms with Gasteiger partial charge in [-0.2, -0.15) is 0 Å². The lowest BCUT2D eigenvalue weighted by atomic mass is 9.87. The Hall–Kier alpha value is -1.30. The standard InChI is InChI=1S/C16H28N2O4/c1-11(2)14-13(4-3-9-22-14)10-17-16(21)18-7-5-12(6-8-18)15(19)20/h11-14H,3-10H2,1-2H3,(H,17,21)(H,19,20). The van der Waals surface area contributed by atoms with Crippen LogP contribution in [0, 0.1) is 17.8 Å². The van der Waals surface area contributed by atoms with Crippen molar-refractivity contribution in [3.63, 3.8) is 0 Å². The number of amides is 2. The third kappa shape index (κ3) is 4.35. The van der Waals surface area contributed by atoms with Crippen molar-refractivity contribution in [3.8, 4) is 0 Å². The van der Waals surface area contributed by atoms with E-state index in [1.807, 2.05) is 0 Å². The van der Waals surface area contributed by atoms with E-state index in [9.17, 15) is 9.59 Å². The molecule has 0 aromatic heterocycles. The van der Waals surface area contributed by atoms with Crippen molar-refractivity contribution in [1.29, 1.82) is 0 Å². The third-order valence-corrected chi connectivity index (χ3v) is 4.80. The summed E-state index contributed by atoms with van der Waals surface area (Å²) >= 11 is 0. The average molecular weight is 312 g/mol. The fourth-order valence-corrected chi connectivity index (χ4v) is 3.48. The summed E-state index contributed by atoms with van der Waals surface area (Å²) in [5.41, 5.74) is 0. The number of urea groups is 1. The number of piperidine rings is 1. The molecule has 2 fully saturated rings. The maximum atomic E-state index is 12.2. The van der Waals surface area contributed by atoms with Crippen LogP contribution in [0.1, 0.15) is 39.5 Å². The van der Waals surface area contributed by atoms with Gasteiger partial charge >= 0.3 is 12.0 Å². The van der Waals surface area contributed by atoms with Gasteiger partial charge in [0.2, 0.25) is 0 Å². The lowest BCUT2D eigenvalue weighted by molar-refractivity contribution is -0.143. The fraction of sp³-hybridized carbons (Fsp3) is 0.875. The Bertz CT molecular complexity index is 392. The van der Waals surface area contributed by atoms with Crippen LogP contribution in [0.3, 0.4) is 0 Å². The van der Waals surface area contributed by atoms with Crippen LogP contribution in [0.15, 0.2) is 0 Å². The second kappa shape index (κ2) is 7.81. The highest BCUT2D eigenvalue weighted by Gasteiger charge is 2.30. The fourth-order valence-electron chi connectivity index (χ4n) is 3.48. The average Bonchev–Trinajstić information content (AvgIpc) is 2.52. The van der Waals surface area contributed by atoms with E-state index in [1.165, 1.54) is 0 Å². The number of aliphatic carboxylic acids is 1. The van der Waals surface area contributed by atoms with E-state index in [1.54, 1.807) is 4.90 Å². The zero-order valence-electron chi connectivity index (χ0n) is 13.6. The van der Waals surface area contributed by atoms with Gasteiger partial charge in [0.1, 0.15) is 0 Å². The largest absolute Gasteiger partial charge is 0.481 e. The van der Waals surface area contributed by atoms with Gasteiger partial charge in [-0.3, -0.25) is 4.79 Å². The van der Waals surface area contributed by atoms with E-state index in [2.05, 4.69) is 19.2 Å². The van der Waals surface area contributed by atoms with Crippen molar-refractivity contribution in [2.45, 2.75) is 45.6 Å². The molecule has 6 heteroatoms. The lowest BCUT2D eigenvalue weighted by Crippen LogP contribution is -2.48. The Morgan fingerprint density at radius 1 is 1.27 bits per heavy atom. The number of carbonyl (C=O) groups is 2. The molecule has 2 unspecified atom stereocenters. The monoisotopic (exact) mass is 312 g/mol. The predicted octanol–water partition coefficient (Wildman–Crippen LogP) is 1.94. The van der Waals surface area contributed by atoms with Gasteiger partial charge in [0.15, 0.2) is 0 Å². The molecule has 2 saturated heterocycles. The van der Waals surface area contributed by atoms with Gasteiger partial charge in [-0.15, -0.1) is 0 Å². The molecule has 22 heavy (non-hydrogen) atoms. The van der Waals surface area contributed by atoms with Crippen LogP contribution in [0.5, 0.6) is 0 Å². The summed E-state index contributed by atoms with van der Waals surface area (Å²) in [6.45, 7) is 6.81. The first-order valence-electron chi connectivity index (χ1n) is 8.36. The minimum Gasteiger partial charge on any atom is -0.481 e. The SMILES string of the molecule is CC(C)C1OCCCC1CNC(=O)N1CCC(C(=O)O)CC1. The number of rotatable bonds is 4. The van der Waals surface area contributed by atoms with Crippen molar-refractivity contribution >= 4 is 12.0 Å². The van der Waals surface area contributed by atoms with Crippen LogP contribution < -0.4 is 5.32 Å². The summed E-state index contributed by atoms with van der Waals surface area (Å²) in [6, 6.07) is -0.0723. The molecule has 0 aromatic rings. The molecule has 0 aliphatic carbocycles. The number of carboxylic acids is 1. The summed E-state index contributed by atoms with van der Waals surface area (Å²) in [5, 5.41) is 12.0. The van der Waals surface area contributed by atoms with Crippen LogP contribution in [-0.4, -0.2) is 54.4 Å². The maximum Gasteiger partial charge on any atom is 0.317 e. The van der Waals surface area contributed by atoms with E-state index < -0.39 is 5.97 Å². The molecule has 2 rings (SSSR count). The van der Waals surface area contributed by atoms with E-state index in [4.69, 9.17) is 9.84 Å². The van der Waals surface area contributed by atoms with Gasteiger partial charge in [0, 0.05) is 32.2 Å². The minimum atomic E-state index is -0.751. The van der Waals surface area contributed by atoms with Gasteiger partial charge in [0.05, 0.1) is 12.0 Å². The van der Waals surface area contributed by atoms with Gasteiger partial charge in [-0.25, -0.2) is 4.79 Å². The molecule has 2 aliphatic rings. The molecule has 2 heterocycles. The van der Waals surface area contributed by atoms with Crippen LogP contribution in [0.4, 0.5) is 4.79 Å². The summed E-state index contributed by atoms with van der Waals surface area (Å²) in [4.78, 5) is 24.9. The zero-order chi connectivity index (χ0) is 16.1. The summed E-state index contributed by atoms with van der Waals surface area (Å²) in [7, 11) is 0. The Balaban J connectivity index is 1.76. The Morgan fingerprint density at radius 3 is 2.55 bits per heavy atom. The van der Waals surface area contributed by atoms with Crippen molar-refractivity contribution < 1.29 is 19.4 Å². The van der Waals surface area contributed by atoms with Crippen molar-refractivity contribution in [1.82, 2.24) is 10.2 Å². The van der Waals surface area contributed by atoms with E-state index >= 15 is 0 Å². The minimum absolute atomic E-state index is 0.0723. The molecular weight excluding hydrogens is 284 g/mol. The molecule has 2 atom stereocenters. The first kappa shape index (κ1) is 17.1. The summed E-state index contributed by atoms with van der Waals surface area (Å²) in [6.07, 6.45) is 3.44. The van der Waals surface area contributed by atoms with Gasteiger partial charge in [0.25, 0.3) is 0 Å². The Kier molecular flexibility index (Phi) is 6.06. The highest BCUT2D eigenvalue weighted by Crippen LogP contribution is 2.26. The molecule has 0 spiro atoms. The number of nitrogens with zero attached hydrogens (tertiary/aromatic N) is 1. The van der Waals surface area contributed by atoms with E-state index in [0.717, 1.165) is 19.4 Å². The van der Waals surface area contributed by atoms with Crippen LogP contribution in [0.2, 0.25) is 0 Å². The molecule has 2 amide bonds. The van der Waals surface area contributed by atoms with Crippen molar-refractivity contribution in [2.24, 2.45) is 17.8 Å². The number of hydrogen-bond acceptors (Lipinski definition) is 3. The molecule has 0 radical (unpaired) electrons. The highest BCUT2D eigenvalue weighted by atomic mass is 16.5. The predicted molar refractivity (Wildman–Crippen MR) is 82.6 cm³/mol. The van der Waals surface area contributed by atoms with E-state index in [0.29, 0.717) is 44.3 Å². The first-order valence-corrected chi connectivity index (χ1v) is 8.36. The first-order chi connectivity index (χ1) is 10.5. The van der Waals surface area contributed by atoms with Gasteiger partial charge in [-0.1, -0.05) is 13.8 Å². The number of carboxylic acid groups (broad SMARTS) is 1. The summed E-state index contributed by atoms with van der Waals surface area (Å²) < 4.78 is 5.84. The lowest BCUT2D eigenvalue weighted by Gasteiger charge is -2.35. The molecule has 126 valence electrons. The van der Waals surface area contributed by atoms with Gasteiger partial charge in [-0.05, 0) is 31.6 Å². The quantitative estimate of drug-likeness (QED) is 0.831. The molecule has 0 bridgehead atoms.